The van der Waals surface area contributed by atoms with E-state index in [9.17, 15) is 14.0 Å². The van der Waals surface area contributed by atoms with Crippen LogP contribution in [0.2, 0.25) is 0 Å². The molecule has 0 spiro atoms. The minimum atomic E-state index is -0.938. The van der Waals surface area contributed by atoms with Gasteiger partial charge in [-0.15, -0.1) is 11.3 Å². The molecule has 1 aromatic carbocycles. The van der Waals surface area contributed by atoms with Gasteiger partial charge < -0.3 is 25.4 Å². The normalized spacial score (nSPS) is 25.6. The summed E-state index contributed by atoms with van der Waals surface area (Å²) < 4.78 is 59.0. The van der Waals surface area contributed by atoms with Crippen molar-refractivity contribution in [3.63, 3.8) is 0 Å². The quantitative estimate of drug-likeness (QED) is 0.221. The Morgan fingerprint density at radius 1 is 1.24 bits per heavy atom. The molecule has 49 heavy (non-hydrogen) atoms. The van der Waals surface area contributed by atoms with Crippen LogP contribution in [0.25, 0.3) is 32.2 Å². The lowest BCUT2D eigenvalue weighted by Gasteiger charge is -2.45. The zero-order valence-electron chi connectivity index (χ0n) is 27.2. The highest BCUT2D eigenvalue weighted by molar-refractivity contribution is 7.23. The molecule has 3 N–H and O–H groups in total. The van der Waals surface area contributed by atoms with Crippen molar-refractivity contribution in [2.24, 2.45) is 0 Å². The van der Waals surface area contributed by atoms with Gasteiger partial charge in [0.05, 0.1) is 46.0 Å². The van der Waals surface area contributed by atoms with Crippen molar-refractivity contribution < 1.29 is 22.6 Å². The van der Waals surface area contributed by atoms with Crippen LogP contribution in [-0.2, 0) is 4.74 Å². The second kappa shape index (κ2) is 12.0. The van der Waals surface area contributed by atoms with Crippen molar-refractivity contribution in [2.45, 2.75) is 68.8 Å². The van der Waals surface area contributed by atoms with E-state index in [0.29, 0.717) is 43.9 Å². The average molecular weight is 691 g/mol. The molecule has 4 aromatic rings. The number of hydrogen-bond acceptors (Lipinski definition) is 11. The van der Waals surface area contributed by atoms with E-state index < -0.39 is 28.9 Å². The molecule has 256 valence electrons. The van der Waals surface area contributed by atoms with Gasteiger partial charge in [0.15, 0.2) is 5.82 Å². The molecule has 0 bridgehead atoms. The van der Waals surface area contributed by atoms with Crippen molar-refractivity contribution in [3.8, 4) is 23.3 Å². The number of thiophene rings is 1. The van der Waals surface area contributed by atoms with E-state index in [1.807, 2.05) is 11.0 Å². The first-order valence-electron chi connectivity index (χ1n) is 16.7. The Balaban J connectivity index is 1.25. The number of nitrogens with zero attached hydrogens (tertiary/aromatic N) is 6. The van der Waals surface area contributed by atoms with E-state index in [1.165, 1.54) is 18.3 Å². The van der Waals surface area contributed by atoms with Gasteiger partial charge in [-0.1, -0.05) is 13.5 Å². The van der Waals surface area contributed by atoms with Crippen LogP contribution in [0, 0.1) is 23.0 Å². The summed E-state index contributed by atoms with van der Waals surface area (Å²) in [5.41, 5.74) is 6.05. The van der Waals surface area contributed by atoms with E-state index in [1.54, 1.807) is 0 Å². The number of pyridine rings is 1. The zero-order chi connectivity index (χ0) is 34.1. The topological polar surface area (TPSA) is 125 Å². The number of nitrogen functional groups attached to an aromatic ring is 1. The Morgan fingerprint density at radius 2 is 2.08 bits per heavy atom. The Morgan fingerprint density at radius 3 is 2.86 bits per heavy atom. The number of rotatable bonds is 9. The average Bonchev–Trinajstić information content (AvgIpc) is 3.64. The van der Waals surface area contributed by atoms with Gasteiger partial charge >= 0.3 is 6.01 Å². The van der Waals surface area contributed by atoms with Gasteiger partial charge in [0, 0.05) is 42.4 Å². The number of anilines is 2. The summed E-state index contributed by atoms with van der Waals surface area (Å²) in [6.45, 7) is 9.02. The smallest absolute Gasteiger partial charge is 0.319 e. The van der Waals surface area contributed by atoms with Gasteiger partial charge in [0.25, 0.3) is 0 Å². The van der Waals surface area contributed by atoms with E-state index in [4.69, 9.17) is 20.2 Å². The van der Waals surface area contributed by atoms with Crippen LogP contribution in [0.3, 0.4) is 0 Å². The van der Waals surface area contributed by atoms with E-state index in [-0.39, 0.29) is 56.1 Å². The summed E-state index contributed by atoms with van der Waals surface area (Å²) in [7, 11) is 0. The number of nitriles is 1. The Bertz CT molecular complexity index is 2030. The van der Waals surface area contributed by atoms with Gasteiger partial charge in [-0.2, -0.15) is 15.2 Å². The fraction of sp³-hybridized carbons (Fsp3) is 0.486. The maximum atomic E-state index is 16.9. The number of halogens is 3. The molecule has 4 aliphatic rings. The Labute approximate surface area is 285 Å². The third-order valence-corrected chi connectivity index (χ3v) is 11.5. The van der Waals surface area contributed by atoms with Crippen molar-refractivity contribution >= 4 is 43.1 Å². The molecule has 14 heteroatoms. The summed E-state index contributed by atoms with van der Waals surface area (Å²) in [5.74, 6) is -0.918. The minimum absolute atomic E-state index is 0.0377. The molecule has 3 atom stereocenters. The first kappa shape index (κ1) is 32.0. The van der Waals surface area contributed by atoms with Gasteiger partial charge in [-0.05, 0) is 50.8 Å². The first-order valence-corrected chi connectivity index (χ1v) is 17.6. The second-order valence-corrected chi connectivity index (χ2v) is 14.9. The molecule has 0 amide bonds. The molecule has 10 nitrogen and oxygen atoms in total. The van der Waals surface area contributed by atoms with E-state index >= 15 is 4.39 Å². The maximum Gasteiger partial charge on any atom is 0.319 e. The summed E-state index contributed by atoms with van der Waals surface area (Å²) >= 11 is 0.932. The number of ether oxygens (including phenoxy) is 2. The molecule has 1 saturated carbocycles. The highest BCUT2D eigenvalue weighted by Gasteiger charge is 2.49. The van der Waals surface area contributed by atoms with Crippen LogP contribution >= 0.6 is 11.3 Å². The molecule has 3 saturated heterocycles. The number of nitrogens with two attached hydrogens (primary N) is 1. The van der Waals surface area contributed by atoms with Crippen LogP contribution < -0.4 is 20.7 Å². The Hall–Kier alpha value is -4.19. The molecule has 3 aliphatic heterocycles. The van der Waals surface area contributed by atoms with Gasteiger partial charge in [0.1, 0.15) is 46.7 Å². The highest BCUT2D eigenvalue weighted by atomic mass is 32.1. The Kier molecular flexibility index (Phi) is 7.84. The minimum Gasteiger partial charge on any atom is -0.461 e. The van der Waals surface area contributed by atoms with Crippen LogP contribution in [0.4, 0.5) is 24.0 Å². The monoisotopic (exact) mass is 690 g/mol. The predicted octanol–water partition coefficient (Wildman–Crippen LogP) is 5.84. The molecule has 4 fully saturated rings. The molecule has 0 radical (unpaired) electrons. The molecule has 8 rings (SSSR count). The van der Waals surface area contributed by atoms with Crippen molar-refractivity contribution in [1.82, 2.24) is 25.2 Å². The van der Waals surface area contributed by atoms with Gasteiger partial charge in [0.2, 0.25) is 0 Å². The summed E-state index contributed by atoms with van der Waals surface area (Å²) in [5, 5.41) is 14.1. The maximum absolute atomic E-state index is 16.9. The molecule has 3 aromatic heterocycles. The number of aromatic nitrogens is 3. The third-order valence-electron chi connectivity index (χ3n) is 10.5. The highest BCUT2D eigenvalue weighted by Crippen LogP contribution is 2.43. The zero-order valence-corrected chi connectivity index (χ0v) is 28.0. The first-order chi connectivity index (χ1) is 23.6. The number of benzene rings is 1. The molecular formula is C35H37F3N8O2S. The molecule has 0 unspecified atom stereocenters. The number of alkyl halides is 1. The number of hydrogen-bond donors (Lipinski definition) is 2. The summed E-state index contributed by atoms with van der Waals surface area (Å²) in [6, 6.07) is 4.62. The van der Waals surface area contributed by atoms with Gasteiger partial charge in [-0.25, -0.2) is 13.2 Å². The van der Waals surface area contributed by atoms with E-state index in [2.05, 4.69) is 33.7 Å². The fourth-order valence-electron chi connectivity index (χ4n) is 7.81. The SMILES string of the molecule is C=C1CN(c2nc(OC[C@@]34CCCN3C[C@H](F)C4)nc3c(F)c(-c4ccc(F)c5sc(N)c(C#N)c45)ncc23)C[C@](CC)(COC2CC2)N1. The second-order valence-electron chi connectivity index (χ2n) is 13.9. The van der Waals surface area contributed by atoms with Crippen molar-refractivity contribution in [3.05, 3.63) is 47.8 Å². The molecule has 6 heterocycles. The van der Waals surface area contributed by atoms with Crippen LogP contribution in [0.15, 0.2) is 30.6 Å². The third kappa shape index (κ3) is 5.52. The van der Waals surface area contributed by atoms with Crippen LogP contribution in [-0.4, -0.2) is 82.6 Å². The standard InChI is InChI=1S/C35H37F3N8O2S/c1-3-34(17-47-21-5-6-21)16-45(14-19(2)44-34)32-24-13-41-28(22-7-8-25(37)30-26(22)23(12-39)31(40)49-30)27(38)29(24)42-33(43-32)48-18-35-9-4-10-46(35)15-20(36)11-35/h7-8,13,20-21,44H,2-6,9-11,14-18,40H2,1H3/t20-,34-,35+/m1/s1. The van der Waals surface area contributed by atoms with Crippen molar-refractivity contribution in [2.75, 3.05) is 50.0 Å². The lowest BCUT2D eigenvalue weighted by Crippen LogP contribution is -2.61. The lowest BCUT2D eigenvalue weighted by atomic mass is 9.93. The molecule has 1 aliphatic carbocycles. The summed E-state index contributed by atoms with van der Waals surface area (Å²) in [4.78, 5) is 18.1. The largest absolute Gasteiger partial charge is 0.461 e. The molecular weight excluding hydrogens is 653 g/mol. The number of nitrogens with one attached hydrogen (secondary N) is 1. The van der Waals surface area contributed by atoms with Crippen LogP contribution in [0.5, 0.6) is 6.01 Å². The predicted molar refractivity (Wildman–Crippen MR) is 182 cm³/mol. The lowest BCUT2D eigenvalue weighted by molar-refractivity contribution is 0.0573. The number of piperazine rings is 1. The van der Waals surface area contributed by atoms with E-state index in [0.717, 1.165) is 55.7 Å². The van der Waals surface area contributed by atoms with Gasteiger partial charge in [-0.3, -0.25) is 9.88 Å². The van der Waals surface area contributed by atoms with Crippen molar-refractivity contribution in [1.29, 1.82) is 5.26 Å². The van der Waals surface area contributed by atoms with Crippen LogP contribution in [0.1, 0.15) is 51.0 Å². The number of fused-ring (bicyclic) bond motifs is 3. The fourth-order valence-corrected chi connectivity index (χ4v) is 8.76. The summed E-state index contributed by atoms with van der Waals surface area (Å²) in [6.07, 6.45) is 5.76.